The van der Waals surface area contributed by atoms with E-state index in [-0.39, 0.29) is 5.56 Å². The fourth-order valence-electron chi connectivity index (χ4n) is 2.35. The van der Waals surface area contributed by atoms with E-state index in [1.165, 1.54) is 0 Å². The molecule has 2 aromatic carbocycles. The molecule has 0 aliphatic rings. The molecule has 0 saturated carbocycles. The number of hydrogen-bond donors (Lipinski definition) is 1. The van der Waals surface area contributed by atoms with E-state index in [2.05, 4.69) is 9.97 Å². The van der Waals surface area contributed by atoms with E-state index in [1.54, 1.807) is 12.1 Å². The number of halogens is 2. The molecule has 0 unspecified atom stereocenters. The van der Waals surface area contributed by atoms with Gasteiger partial charge in [0.05, 0.1) is 11.0 Å². The molecular formula is C17H14Cl2N2O. The van der Waals surface area contributed by atoms with Crippen LogP contribution in [0.25, 0.3) is 11.0 Å². The second-order valence-electron chi connectivity index (χ2n) is 5.38. The molecule has 22 heavy (non-hydrogen) atoms. The summed E-state index contributed by atoms with van der Waals surface area (Å²) < 4.78 is 0. The van der Waals surface area contributed by atoms with Crippen molar-refractivity contribution in [1.82, 2.24) is 9.97 Å². The van der Waals surface area contributed by atoms with Gasteiger partial charge in [0.15, 0.2) is 0 Å². The van der Waals surface area contributed by atoms with Gasteiger partial charge in [-0.2, -0.15) is 0 Å². The van der Waals surface area contributed by atoms with Gasteiger partial charge in [-0.15, -0.1) is 0 Å². The Morgan fingerprint density at radius 1 is 1.09 bits per heavy atom. The average molecular weight is 333 g/mol. The maximum atomic E-state index is 12.2. The molecule has 0 radical (unpaired) electrons. The Balaban J connectivity index is 2.09. The average Bonchev–Trinajstić information content (AvgIpc) is 2.45. The van der Waals surface area contributed by atoms with Crippen molar-refractivity contribution in [2.45, 2.75) is 20.3 Å². The molecule has 0 fully saturated rings. The molecule has 0 aliphatic heterocycles. The molecular weight excluding hydrogens is 319 g/mol. The summed E-state index contributed by atoms with van der Waals surface area (Å²) in [6, 6.07) is 9.16. The van der Waals surface area contributed by atoms with E-state index in [0.717, 1.165) is 27.7 Å². The van der Waals surface area contributed by atoms with Crippen LogP contribution in [0.3, 0.4) is 0 Å². The molecule has 0 spiro atoms. The molecule has 1 N–H and O–H groups in total. The first-order chi connectivity index (χ1) is 10.4. The van der Waals surface area contributed by atoms with Crippen LogP contribution >= 0.6 is 23.2 Å². The number of nitrogens with zero attached hydrogens (tertiary/aromatic N) is 1. The lowest BCUT2D eigenvalue weighted by Crippen LogP contribution is -2.16. The van der Waals surface area contributed by atoms with Crippen LogP contribution in [0.15, 0.2) is 35.1 Å². The second kappa shape index (κ2) is 5.75. The summed E-state index contributed by atoms with van der Waals surface area (Å²) in [7, 11) is 0. The smallest absolute Gasteiger partial charge is 0.270 e. The van der Waals surface area contributed by atoms with Gasteiger partial charge in [0.2, 0.25) is 0 Å². The number of aromatic amines is 1. The Bertz CT molecular complexity index is 932. The summed E-state index contributed by atoms with van der Waals surface area (Å²) in [5.41, 5.74) is 4.87. The van der Waals surface area contributed by atoms with E-state index >= 15 is 0 Å². The predicted octanol–water partition coefficient (Wildman–Crippen LogP) is 4.44. The van der Waals surface area contributed by atoms with Gasteiger partial charge >= 0.3 is 0 Å². The molecule has 1 heterocycles. The lowest BCUT2D eigenvalue weighted by atomic mass is 10.1. The van der Waals surface area contributed by atoms with Gasteiger partial charge in [0.25, 0.3) is 5.56 Å². The summed E-state index contributed by atoms with van der Waals surface area (Å²) in [4.78, 5) is 19.6. The van der Waals surface area contributed by atoms with Crippen molar-refractivity contribution in [3.63, 3.8) is 0 Å². The van der Waals surface area contributed by atoms with Gasteiger partial charge in [0, 0.05) is 16.5 Å². The minimum absolute atomic E-state index is 0.193. The summed E-state index contributed by atoms with van der Waals surface area (Å²) in [6.07, 6.45) is 0.369. The van der Waals surface area contributed by atoms with Crippen molar-refractivity contribution in [1.29, 1.82) is 0 Å². The lowest BCUT2D eigenvalue weighted by molar-refractivity contribution is 1.03. The molecule has 1 aromatic heterocycles. The standard InChI is InChI=1S/C17H14Cl2N2O/c1-9-5-14-15(6-10(9)2)21-17(22)16(20-14)7-11-3-4-12(18)8-13(11)19/h3-6,8H,7H2,1-2H3,(H,21,22). The largest absolute Gasteiger partial charge is 0.319 e. The van der Waals surface area contributed by atoms with Gasteiger partial charge in [-0.3, -0.25) is 4.79 Å². The molecule has 0 saturated heterocycles. The first kappa shape index (κ1) is 15.1. The van der Waals surface area contributed by atoms with Gasteiger partial charge in [0.1, 0.15) is 5.69 Å². The third-order valence-corrected chi connectivity index (χ3v) is 4.34. The highest BCUT2D eigenvalue weighted by molar-refractivity contribution is 6.35. The van der Waals surface area contributed by atoms with Crippen LogP contribution in [-0.2, 0) is 6.42 Å². The fourth-order valence-corrected chi connectivity index (χ4v) is 2.82. The number of fused-ring (bicyclic) bond motifs is 1. The summed E-state index contributed by atoms with van der Waals surface area (Å²) in [5, 5.41) is 1.11. The number of aryl methyl sites for hydroxylation is 2. The highest BCUT2D eigenvalue weighted by Gasteiger charge is 2.10. The minimum Gasteiger partial charge on any atom is -0.319 e. The fraction of sp³-hybridized carbons (Fsp3) is 0.176. The Morgan fingerprint density at radius 2 is 1.82 bits per heavy atom. The van der Waals surface area contributed by atoms with Gasteiger partial charge in [-0.1, -0.05) is 29.3 Å². The number of nitrogens with one attached hydrogen (secondary N) is 1. The monoisotopic (exact) mass is 332 g/mol. The molecule has 0 aliphatic carbocycles. The third-order valence-electron chi connectivity index (χ3n) is 3.75. The summed E-state index contributed by atoms with van der Waals surface area (Å²) >= 11 is 12.1. The first-order valence-corrected chi connectivity index (χ1v) is 7.64. The summed E-state index contributed by atoms with van der Waals surface area (Å²) in [5.74, 6) is 0. The van der Waals surface area contributed by atoms with E-state index in [9.17, 15) is 4.79 Å². The SMILES string of the molecule is Cc1cc2nc(Cc3ccc(Cl)cc3Cl)c(=O)[nH]c2cc1C. The molecule has 3 nitrogen and oxygen atoms in total. The van der Waals surface area contributed by atoms with Crippen LogP contribution in [0.5, 0.6) is 0 Å². The molecule has 3 aromatic rings. The second-order valence-corrected chi connectivity index (χ2v) is 6.22. The van der Waals surface area contributed by atoms with E-state index in [0.29, 0.717) is 22.2 Å². The number of hydrogen-bond acceptors (Lipinski definition) is 2. The Morgan fingerprint density at radius 3 is 2.55 bits per heavy atom. The molecule has 0 amide bonds. The van der Waals surface area contributed by atoms with Crippen LogP contribution in [0.1, 0.15) is 22.4 Å². The zero-order valence-electron chi connectivity index (χ0n) is 12.2. The van der Waals surface area contributed by atoms with Crippen LogP contribution < -0.4 is 5.56 Å². The molecule has 3 rings (SSSR count). The molecule has 112 valence electrons. The van der Waals surface area contributed by atoms with E-state index < -0.39 is 0 Å². The Kier molecular flexibility index (Phi) is 3.94. The quantitative estimate of drug-likeness (QED) is 0.754. The van der Waals surface area contributed by atoms with Crippen molar-refractivity contribution in [2.24, 2.45) is 0 Å². The lowest BCUT2D eigenvalue weighted by Gasteiger charge is -2.07. The predicted molar refractivity (Wildman–Crippen MR) is 91.1 cm³/mol. The van der Waals surface area contributed by atoms with Crippen molar-refractivity contribution in [3.8, 4) is 0 Å². The first-order valence-electron chi connectivity index (χ1n) is 6.88. The van der Waals surface area contributed by atoms with Crippen molar-refractivity contribution < 1.29 is 0 Å². The zero-order chi connectivity index (χ0) is 15.9. The van der Waals surface area contributed by atoms with Gasteiger partial charge < -0.3 is 4.98 Å². The molecule has 0 atom stereocenters. The van der Waals surface area contributed by atoms with Crippen LogP contribution in [0.2, 0.25) is 10.0 Å². The maximum Gasteiger partial charge on any atom is 0.270 e. The maximum absolute atomic E-state index is 12.2. The Labute approximate surface area is 137 Å². The number of benzene rings is 2. The minimum atomic E-state index is -0.193. The zero-order valence-corrected chi connectivity index (χ0v) is 13.7. The van der Waals surface area contributed by atoms with Crippen LogP contribution in [0.4, 0.5) is 0 Å². The van der Waals surface area contributed by atoms with Crippen molar-refractivity contribution >= 4 is 34.2 Å². The van der Waals surface area contributed by atoms with E-state index in [1.807, 2.05) is 32.0 Å². The Hall–Kier alpha value is -1.84. The normalized spacial score (nSPS) is 11.1. The molecule has 0 bridgehead atoms. The van der Waals surface area contributed by atoms with Crippen LogP contribution in [-0.4, -0.2) is 9.97 Å². The van der Waals surface area contributed by atoms with E-state index in [4.69, 9.17) is 23.2 Å². The van der Waals surface area contributed by atoms with Crippen molar-refractivity contribution in [2.75, 3.05) is 0 Å². The number of H-pyrrole nitrogens is 1. The van der Waals surface area contributed by atoms with Crippen LogP contribution in [0, 0.1) is 13.8 Å². The van der Waals surface area contributed by atoms with Crippen molar-refractivity contribution in [3.05, 3.63) is 73.1 Å². The summed E-state index contributed by atoms with van der Waals surface area (Å²) in [6.45, 7) is 4.03. The van der Waals surface area contributed by atoms with Gasteiger partial charge in [-0.05, 0) is 54.8 Å². The molecule has 5 heteroatoms. The highest BCUT2D eigenvalue weighted by atomic mass is 35.5. The topological polar surface area (TPSA) is 45.8 Å². The number of rotatable bonds is 2. The van der Waals surface area contributed by atoms with Gasteiger partial charge in [-0.25, -0.2) is 4.98 Å². The third kappa shape index (κ3) is 2.87. The number of aromatic nitrogens is 2. The highest BCUT2D eigenvalue weighted by Crippen LogP contribution is 2.23.